The Hall–Kier alpha value is -3.62. The van der Waals surface area contributed by atoms with Crippen LogP contribution in [0.3, 0.4) is 0 Å². The first-order valence-corrected chi connectivity index (χ1v) is 9.00. The number of benzene rings is 2. The van der Waals surface area contributed by atoms with E-state index < -0.39 is 23.9 Å². The molecule has 30 heavy (non-hydrogen) atoms. The van der Waals surface area contributed by atoms with Crippen molar-refractivity contribution in [2.45, 2.75) is 25.9 Å². The smallest absolute Gasteiger partial charge is 0.406 e. The number of carbonyl (C=O) groups is 1. The highest BCUT2D eigenvalue weighted by Gasteiger charge is 2.31. The van der Waals surface area contributed by atoms with Gasteiger partial charge in [-0.1, -0.05) is 42.5 Å². The lowest BCUT2D eigenvalue weighted by molar-refractivity contribution is -0.274. The van der Waals surface area contributed by atoms with E-state index >= 15 is 0 Å². The summed E-state index contributed by atoms with van der Waals surface area (Å²) in [6, 6.07) is 16.4. The van der Waals surface area contributed by atoms with E-state index in [-0.39, 0.29) is 12.3 Å². The van der Waals surface area contributed by atoms with Gasteiger partial charge in [0.05, 0.1) is 5.69 Å². The van der Waals surface area contributed by atoms with Gasteiger partial charge in [-0.2, -0.15) is 5.10 Å². The van der Waals surface area contributed by atoms with E-state index in [1.165, 1.54) is 18.2 Å². The molecule has 156 valence electrons. The number of carbonyl (C=O) groups excluding carboxylic acids is 1. The summed E-state index contributed by atoms with van der Waals surface area (Å²) >= 11 is 0. The van der Waals surface area contributed by atoms with Crippen LogP contribution in [0.1, 0.15) is 18.5 Å². The van der Waals surface area contributed by atoms with Crippen molar-refractivity contribution in [1.29, 1.82) is 0 Å². The summed E-state index contributed by atoms with van der Waals surface area (Å²) in [4.78, 5) is 24.7. The molecule has 1 aromatic heterocycles. The van der Waals surface area contributed by atoms with Crippen LogP contribution >= 0.6 is 0 Å². The summed E-state index contributed by atoms with van der Waals surface area (Å²) < 4.78 is 41.5. The molecule has 0 saturated carbocycles. The number of aromatic nitrogens is 2. The Balaban J connectivity index is 1.67. The second kappa shape index (κ2) is 8.81. The molecule has 6 nitrogen and oxygen atoms in total. The van der Waals surface area contributed by atoms with Gasteiger partial charge in [-0.15, -0.1) is 13.2 Å². The van der Waals surface area contributed by atoms with Crippen LogP contribution in [0.15, 0.2) is 71.5 Å². The van der Waals surface area contributed by atoms with Gasteiger partial charge in [0.2, 0.25) is 5.91 Å². The Morgan fingerprint density at radius 3 is 2.37 bits per heavy atom. The molecule has 0 aliphatic carbocycles. The molecule has 1 N–H and O–H groups in total. The van der Waals surface area contributed by atoms with Gasteiger partial charge in [-0.05, 0) is 30.7 Å². The fourth-order valence-corrected chi connectivity index (χ4v) is 2.72. The van der Waals surface area contributed by atoms with Gasteiger partial charge in [0.1, 0.15) is 11.8 Å². The van der Waals surface area contributed by atoms with Gasteiger partial charge in [0.15, 0.2) is 0 Å². The summed E-state index contributed by atoms with van der Waals surface area (Å²) in [5, 5.41) is 6.93. The first kappa shape index (κ1) is 21.1. The monoisotopic (exact) mass is 417 g/mol. The predicted molar refractivity (Wildman–Crippen MR) is 104 cm³/mol. The Kier molecular flexibility index (Phi) is 6.20. The third-order valence-electron chi connectivity index (χ3n) is 4.26. The second-order valence-corrected chi connectivity index (χ2v) is 6.45. The molecule has 9 heteroatoms. The number of rotatable bonds is 6. The molecule has 0 aliphatic rings. The zero-order chi connectivity index (χ0) is 21.7. The first-order valence-electron chi connectivity index (χ1n) is 9.00. The van der Waals surface area contributed by atoms with Crippen LogP contribution in [-0.2, 0) is 11.3 Å². The van der Waals surface area contributed by atoms with Crippen molar-refractivity contribution in [1.82, 2.24) is 15.1 Å². The molecule has 0 fully saturated rings. The maximum absolute atomic E-state index is 12.5. The predicted octanol–water partition coefficient (Wildman–Crippen LogP) is 3.69. The van der Waals surface area contributed by atoms with E-state index in [2.05, 4.69) is 15.2 Å². The number of alkyl halides is 3. The number of hydrogen-bond acceptors (Lipinski definition) is 4. The van der Waals surface area contributed by atoms with Crippen molar-refractivity contribution >= 4 is 5.91 Å². The third-order valence-corrected chi connectivity index (χ3v) is 4.26. The molecule has 1 unspecified atom stereocenters. The largest absolute Gasteiger partial charge is 0.573 e. The molecular weight excluding hydrogens is 399 g/mol. The van der Waals surface area contributed by atoms with Crippen LogP contribution in [0.25, 0.3) is 11.3 Å². The maximum atomic E-state index is 12.5. The summed E-state index contributed by atoms with van der Waals surface area (Å²) in [7, 11) is 0. The highest BCUT2D eigenvalue weighted by atomic mass is 19.4. The molecule has 3 aromatic rings. The molecule has 1 atom stereocenters. The topological polar surface area (TPSA) is 73.2 Å². The van der Waals surface area contributed by atoms with Crippen LogP contribution in [0.5, 0.6) is 5.75 Å². The highest BCUT2D eigenvalue weighted by molar-refractivity contribution is 5.79. The van der Waals surface area contributed by atoms with Gasteiger partial charge in [0.25, 0.3) is 5.56 Å². The van der Waals surface area contributed by atoms with E-state index in [0.29, 0.717) is 11.3 Å². The Morgan fingerprint density at radius 1 is 1.07 bits per heavy atom. The summed E-state index contributed by atoms with van der Waals surface area (Å²) in [6.07, 6.45) is -4.76. The van der Waals surface area contributed by atoms with Crippen molar-refractivity contribution in [2.75, 3.05) is 0 Å². The van der Waals surface area contributed by atoms with Gasteiger partial charge < -0.3 is 10.1 Å². The lowest BCUT2D eigenvalue weighted by atomic mass is 10.1. The lowest BCUT2D eigenvalue weighted by Crippen LogP contribution is -2.36. The van der Waals surface area contributed by atoms with Crippen LogP contribution < -0.4 is 15.6 Å². The molecular formula is C21H18F3N3O3. The normalized spacial score (nSPS) is 12.3. The minimum atomic E-state index is -4.76. The minimum Gasteiger partial charge on any atom is -0.406 e. The third kappa shape index (κ3) is 5.47. The summed E-state index contributed by atoms with van der Waals surface area (Å²) in [6.45, 7) is 1.61. The average molecular weight is 417 g/mol. The van der Waals surface area contributed by atoms with Crippen LogP contribution in [0.4, 0.5) is 13.2 Å². The standard InChI is InChI=1S/C21H18F3N3O3/c1-14(27-19(28)12-11-18(26-27)16-5-3-2-4-6-16)20(29)25-13-15-7-9-17(10-8-15)30-21(22,23)24/h2-12,14H,13H2,1H3,(H,25,29). The fraction of sp³-hybridized carbons (Fsp3) is 0.190. The molecule has 0 spiro atoms. The molecule has 0 saturated heterocycles. The summed E-state index contributed by atoms with van der Waals surface area (Å²) in [5.41, 5.74) is 1.50. The Bertz CT molecular complexity index is 1060. The Morgan fingerprint density at radius 2 is 1.73 bits per heavy atom. The van der Waals surface area contributed by atoms with E-state index in [1.807, 2.05) is 30.3 Å². The molecule has 0 aliphatic heterocycles. The molecule has 3 rings (SSSR count). The number of halogens is 3. The molecule has 2 aromatic carbocycles. The lowest BCUT2D eigenvalue weighted by Gasteiger charge is -2.15. The SMILES string of the molecule is CC(C(=O)NCc1ccc(OC(F)(F)F)cc1)n1nc(-c2ccccc2)ccc1=O. The van der Waals surface area contributed by atoms with Gasteiger partial charge in [-0.3, -0.25) is 9.59 Å². The first-order chi connectivity index (χ1) is 14.2. The number of ether oxygens (including phenoxy) is 1. The highest BCUT2D eigenvalue weighted by Crippen LogP contribution is 2.22. The van der Waals surface area contributed by atoms with Crippen LogP contribution in [0, 0.1) is 0 Å². The van der Waals surface area contributed by atoms with Crippen molar-refractivity contribution in [2.24, 2.45) is 0 Å². The molecule has 0 radical (unpaired) electrons. The second-order valence-electron chi connectivity index (χ2n) is 6.45. The van der Waals surface area contributed by atoms with Gasteiger partial charge in [0, 0.05) is 18.2 Å². The number of amides is 1. The summed E-state index contributed by atoms with van der Waals surface area (Å²) in [5.74, 6) is -0.801. The fourth-order valence-electron chi connectivity index (χ4n) is 2.72. The number of nitrogens with zero attached hydrogens (tertiary/aromatic N) is 2. The van der Waals surface area contributed by atoms with E-state index in [1.54, 1.807) is 13.0 Å². The minimum absolute atomic E-state index is 0.0720. The average Bonchev–Trinajstić information content (AvgIpc) is 2.72. The number of nitrogens with one attached hydrogen (secondary N) is 1. The Labute approximate surface area is 169 Å². The van der Waals surface area contributed by atoms with Crippen molar-refractivity contribution in [3.63, 3.8) is 0 Å². The van der Waals surface area contributed by atoms with Crippen molar-refractivity contribution in [3.8, 4) is 17.0 Å². The van der Waals surface area contributed by atoms with Crippen LogP contribution in [-0.4, -0.2) is 22.1 Å². The zero-order valence-corrected chi connectivity index (χ0v) is 15.9. The number of hydrogen-bond donors (Lipinski definition) is 1. The molecule has 0 bridgehead atoms. The van der Waals surface area contributed by atoms with E-state index in [4.69, 9.17) is 0 Å². The molecule has 1 heterocycles. The quantitative estimate of drug-likeness (QED) is 0.664. The molecule has 1 amide bonds. The van der Waals surface area contributed by atoms with Crippen molar-refractivity contribution < 1.29 is 22.7 Å². The van der Waals surface area contributed by atoms with Crippen LogP contribution in [0.2, 0.25) is 0 Å². The van der Waals surface area contributed by atoms with E-state index in [0.717, 1.165) is 22.4 Å². The van der Waals surface area contributed by atoms with Gasteiger partial charge >= 0.3 is 6.36 Å². The van der Waals surface area contributed by atoms with Gasteiger partial charge in [-0.25, -0.2) is 4.68 Å². The zero-order valence-electron chi connectivity index (χ0n) is 15.9. The van der Waals surface area contributed by atoms with E-state index in [9.17, 15) is 22.8 Å². The maximum Gasteiger partial charge on any atom is 0.573 e. The van der Waals surface area contributed by atoms with Crippen molar-refractivity contribution in [3.05, 3.63) is 82.6 Å².